The van der Waals surface area contributed by atoms with Gasteiger partial charge in [0.25, 0.3) is 0 Å². The molecule has 2 aromatic carbocycles. The Morgan fingerprint density at radius 2 is 2.00 bits per heavy atom. The Morgan fingerprint density at radius 1 is 1.18 bits per heavy atom. The number of imidazole rings is 1. The van der Waals surface area contributed by atoms with Gasteiger partial charge in [-0.15, -0.1) is 0 Å². The molecule has 0 saturated heterocycles. The van der Waals surface area contributed by atoms with Crippen LogP contribution in [0.25, 0.3) is 11.0 Å². The van der Waals surface area contributed by atoms with Gasteiger partial charge in [-0.2, -0.15) is 0 Å². The maximum Gasteiger partial charge on any atom is 0.220 e. The van der Waals surface area contributed by atoms with Crippen molar-refractivity contribution in [2.24, 2.45) is 0 Å². The molecule has 6 nitrogen and oxygen atoms in total. The van der Waals surface area contributed by atoms with Crippen molar-refractivity contribution >= 4 is 16.9 Å². The summed E-state index contributed by atoms with van der Waals surface area (Å²) in [7, 11) is 3.24. The van der Waals surface area contributed by atoms with Crippen LogP contribution in [0.3, 0.4) is 0 Å². The fourth-order valence-corrected chi connectivity index (χ4v) is 3.26. The minimum Gasteiger partial charge on any atom is -0.497 e. The first-order valence-electron chi connectivity index (χ1n) is 9.52. The van der Waals surface area contributed by atoms with Gasteiger partial charge in [0.2, 0.25) is 5.91 Å². The number of carbonyl (C=O) groups is 1. The molecule has 1 aromatic heterocycles. The Bertz CT molecular complexity index is 965. The number of ether oxygens (including phenoxy) is 2. The highest BCUT2D eigenvalue weighted by Crippen LogP contribution is 2.29. The highest BCUT2D eigenvalue weighted by atomic mass is 16.5. The Labute approximate surface area is 165 Å². The van der Waals surface area contributed by atoms with Crippen LogP contribution in [-0.2, 0) is 17.6 Å². The van der Waals surface area contributed by atoms with E-state index < -0.39 is 0 Å². The van der Waals surface area contributed by atoms with Crippen LogP contribution in [0.1, 0.15) is 43.3 Å². The molecule has 0 saturated carbocycles. The number of H-pyrrole nitrogens is 1. The largest absolute Gasteiger partial charge is 0.497 e. The quantitative estimate of drug-likeness (QED) is 0.619. The van der Waals surface area contributed by atoms with E-state index >= 15 is 0 Å². The lowest BCUT2D eigenvalue weighted by atomic mass is 10.1. The zero-order valence-corrected chi connectivity index (χ0v) is 16.8. The lowest BCUT2D eigenvalue weighted by Gasteiger charge is -2.18. The summed E-state index contributed by atoms with van der Waals surface area (Å²) in [6.45, 7) is 4.01. The number of hydrogen-bond donors (Lipinski definition) is 2. The number of benzene rings is 2. The van der Waals surface area contributed by atoms with Crippen molar-refractivity contribution in [3.63, 3.8) is 0 Å². The van der Waals surface area contributed by atoms with Gasteiger partial charge in [-0.05, 0) is 49.2 Å². The second-order valence-corrected chi connectivity index (χ2v) is 6.79. The van der Waals surface area contributed by atoms with Gasteiger partial charge in [-0.1, -0.05) is 13.0 Å². The van der Waals surface area contributed by atoms with Gasteiger partial charge in [0.05, 0.1) is 31.3 Å². The molecule has 1 heterocycles. The molecule has 0 bridgehead atoms. The topological polar surface area (TPSA) is 76.2 Å². The molecule has 2 N–H and O–H groups in total. The number of fused-ring (bicyclic) bond motifs is 1. The normalized spacial score (nSPS) is 12.0. The summed E-state index contributed by atoms with van der Waals surface area (Å²) in [5.74, 6) is 2.43. The number of amides is 1. The minimum atomic E-state index is -0.181. The molecule has 28 heavy (non-hydrogen) atoms. The van der Waals surface area contributed by atoms with Crippen molar-refractivity contribution in [1.82, 2.24) is 15.3 Å². The zero-order valence-electron chi connectivity index (χ0n) is 16.8. The van der Waals surface area contributed by atoms with Gasteiger partial charge in [0.1, 0.15) is 17.3 Å². The molecule has 0 radical (unpaired) electrons. The van der Waals surface area contributed by atoms with E-state index in [-0.39, 0.29) is 11.9 Å². The van der Waals surface area contributed by atoms with E-state index in [0.717, 1.165) is 45.9 Å². The summed E-state index contributed by atoms with van der Waals surface area (Å²) in [6, 6.07) is 11.5. The average Bonchev–Trinajstić information content (AvgIpc) is 3.14. The molecule has 0 spiro atoms. The molecule has 1 unspecified atom stereocenters. The highest BCUT2D eigenvalue weighted by Gasteiger charge is 2.15. The number of methoxy groups -OCH3 is 2. The molecular weight excluding hydrogens is 354 g/mol. The van der Waals surface area contributed by atoms with Gasteiger partial charge in [0, 0.05) is 18.4 Å². The molecule has 1 atom stereocenters. The third kappa shape index (κ3) is 4.44. The first kappa shape index (κ1) is 19.7. The Hall–Kier alpha value is -3.02. The summed E-state index contributed by atoms with van der Waals surface area (Å²) >= 11 is 0. The van der Waals surface area contributed by atoms with Gasteiger partial charge in [-0.25, -0.2) is 4.98 Å². The minimum absolute atomic E-state index is 0.00340. The number of aromatic nitrogens is 2. The van der Waals surface area contributed by atoms with Crippen molar-refractivity contribution in [2.45, 2.75) is 39.2 Å². The fourth-order valence-electron chi connectivity index (χ4n) is 3.26. The lowest BCUT2D eigenvalue weighted by Crippen LogP contribution is -2.27. The van der Waals surface area contributed by atoms with E-state index in [4.69, 9.17) is 9.47 Å². The van der Waals surface area contributed by atoms with E-state index in [1.165, 1.54) is 0 Å². The fraction of sp³-hybridized carbons (Fsp3) is 0.364. The average molecular weight is 381 g/mol. The number of rotatable bonds is 8. The SMILES string of the molecule is CCc1nc2ccc(CCC(=O)NC(C)c3cc(OC)ccc3OC)cc2[nH]1. The van der Waals surface area contributed by atoms with Crippen LogP contribution in [0.4, 0.5) is 0 Å². The molecule has 0 fully saturated rings. The van der Waals surface area contributed by atoms with E-state index in [0.29, 0.717) is 12.8 Å². The molecule has 0 aliphatic heterocycles. The number of hydrogen-bond acceptors (Lipinski definition) is 4. The van der Waals surface area contributed by atoms with Gasteiger partial charge in [0.15, 0.2) is 0 Å². The number of aryl methyl sites for hydroxylation is 2. The highest BCUT2D eigenvalue weighted by molar-refractivity contribution is 5.78. The van der Waals surface area contributed by atoms with Crippen LogP contribution in [0.15, 0.2) is 36.4 Å². The molecule has 1 amide bonds. The second kappa shape index (κ2) is 8.78. The second-order valence-electron chi connectivity index (χ2n) is 6.79. The molecule has 0 aliphatic carbocycles. The Kier molecular flexibility index (Phi) is 6.19. The van der Waals surface area contributed by atoms with Crippen molar-refractivity contribution in [3.8, 4) is 11.5 Å². The van der Waals surface area contributed by atoms with Gasteiger partial charge in [-0.3, -0.25) is 4.79 Å². The Balaban J connectivity index is 1.62. The maximum atomic E-state index is 12.5. The van der Waals surface area contributed by atoms with Crippen LogP contribution in [0, 0.1) is 0 Å². The van der Waals surface area contributed by atoms with Crippen LogP contribution in [-0.4, -0.2) is 30.1 Å². The van der Waals surface area contributed by atoms with Crippen molar-refractivity contribution in [1.29, 1.82) is 0 Å². The van der Waals surface area contributed by atoms with Gasteiger partial charge >= 0.3 is 0 Å². The third-order valence-electron chi connectivity index (χ3n) is 4.85. The molecule has 3 rings (SSSR count). The van der Waals surface area contributed by atoms with Crippen molar-refractivity contribution in [3.05, 3.63) is 53.3 Å². The van der Waals surface area contributed by atoms with Crippen LogP contribution >= 0.6 is 0 Å². The van der Waals surface area contributed by atoms with Crippen LogP contribution in [0.2, 0.25) is 0 Å². The number of carbonyl (C=O) groups excluding carboxylic acids is 1. The van der Waals surface area contributed by atoms with E-state index in [9.17, 15) is 4.79 Å². The smallest absolute Gasteiger partial charge is 0.220 e. The van der Waals surface area contributed by atoms with Gasteiger partial charge < -0.3 is 19.8 Å². The summed E-state index contributed by atoms with van der Waals surface area (Å²) in [6.07, 6.45) is 1.96. The molecular formula is C22H27N3O3. The Morgan fingerprint density at radius 3 is 2.71 bits per heavy atom. The zero-order chi connectivity index (χ0) is 20.1. The monoisotopic (exact) mass is 381 g/mol. The molecule has 6 heteroatoms. The van der Waals surface area contributed by atoms with Crippen LogP contribution in [0.5, 0.6) is 11.5 Å². The van der Waals surface area contributed by atoms with E-state index in [1.807, 2.05) is 37.3 Å². The maximum absolute atomic E-state index is 12.5. The first-order chi connectivity index (χ1) is 13.5. The van der Waals surface area contributed by atoms with Crippen LogP contribution < -0.4 is 14.8 Å². The molecule has 148 valence electrons. The first-order valence-corrected chi connectivity index (χ1v) is 9.52. The third-order valence-corrected chi connectivity index (χ3v) is 4.85. The summed E-state index contributed by atoms with van der Waals surface area (Å²) in [5, 5.41) is 3.05. The summed E-state index contributed by atoms with van der Waals surface area (Å²) in [4.78, 5) is 20.3. The van der Waals surface area contributed by atoms with Crippen molar-refractivity contribution < 1.29 is 14.3 Å². The summed E-state index contributed by atoms with van der Waals surface area (Å²) in [5.41, 5.74) is 3.98. The molecule has 0 aliphatic rings. The lowest BCUT2D eigenvalue weighted by molar-refractivity contribution is -0.121. The predicted molar refractivity (Wildman–Crippen MR) is 110 cm³/mol. The van der Waals surface area contributed by atoms with E-state index in [1.54, 1.807) is 14.2 Å². The predicted octanol–water partition coefficient (Wildman–Crippen LogP) is 3.95. The number of nitrogens with zero attached hydrogens (tertiary/aromatic N) is 1. The van der Waals surface area contributed by atoms with Crippen molar-refractivity contribution in [2.75, 3.05) is 14.2 Å². The number of nitrogens with one attached hydrogen (secondary N) is 2. The molecule has 3 aromatic rings. The number of aromatic amines is 1. The summed E-state index contributed by atoms with van der Waals surface area (Å²) < 4.78 is 10.7. The standard InChI is InChI=1S/C22H27N3O3/c1-5-21-24-18-9-6-15(12-19(18)25-21)7-11-22(26)23-14(2)17-13-16(27-3)8-10-20(17)28-4/h6,8-10,12-14H,5,7,11H2,1-4H3,(H,23,26)(H,24,25). The van der Waals surface area contributed by atoms with E-state index in [2.05, 4.69) is 28.3 Å².